The van der Waals surface area contributed by atoms with E-state index < -0.39 is 4.92 Å². The molecule has 0 spiro atoms. The number of nitro benzene ring substituents is 1. The Kier molecular flexibility index (Phi) is 2.49. The van der Waals surface area contributed by atoms with Gasteiger partial charge < -0.3 is 5.11 Å². The first kappa shape index (κ1) is 13.1. The molecule has 1 aromatic carbocycles. The molecular formula is C17H21NO3. The van der Waals surface area contributed by atoms with E-state index in [4.69, 9.17) is 0 Å². The molecule has 0 radical (unpaired) electrons. The molecular weight excluding hydrogens is 266 g/mol. The first-order chi connectivity index (χ1) is 9.89. The fourth-order valence-corrected chi connectivity index (χ4v) is 6.06. The lowest BCUT2D eigenvalue weighted by Crippen LogP contribution is -2.52. The maximum Gasteiger partial charge on any atom is 0.310 e. The molecule has 4 saturated carbocycles. The van der Waals surface area contributed by atoms with Crippen molar-refractivity contribution in [2.75, 3.05) is 0 Å². The van der Waals surface area contributed by atoms with Crippen molar-refractivity contribution in [3.8, 4) is 5.75 Å². The summed E-state index contributed by atoms with van der Waals surface area (Å²) in [6.07, 6.45) is 7.48. The van der Waals surface area contributed by atoms with Gasteiger partial charge in [-0.05, 0) is 72.8 Å². The first-order valence-electron chi connectivity index (χ1n) is 7.87. The summed E-state index contributed by atoms with van der Waals surface area (Å²) in [5, 5.41) is 20.8. The molecule has 4 heteroatoms. The Bertz CT molecular complexity index is 610. The van der Waals surface area contributed by atoms with Crippen molar-refractivity contribution in [2.24, 2.45) is 17.3 Å². The van der Waals surface area contributed by atoms with Crippen LogP contribution in [0.1, 0.15) is 51.0 Å². The number of nitrogens with zero attached hydrogens (tertiary/aromatic N) is 1. The van der Waals surface area contributed by atoms with Crippen molar-refractivity contribution in [2.45, 2.75) is 50.9 Å². The van der Waals surface area contributed by atoms with Gasteiger partial charge in [-0.1, -0.05) is 13.0 Å². The average molecular weight is 287 g/mol. The summed E-state index contributed by atoms with van der Waals surface area (Å²) < 4.78 is 0. The Morgan fingerprint density at radius 1 is 1.24 bits per heavy atom. The van der Waals surface area contributed by atoms with Gasteiger partial charge in [0.1, 0.15) is 0 Å². The highest BCUT2D eigenvalue weighted by atomic mass is 16.6. The van der Waals surface area contributed by atoms with Crippen LogP contribution in [-0.2, 0) is 5.41 Å². The maximum atomic E-state index is 11.1. The van der Waals surface area contributed by atoms with E-state index in [-0.39, 0.29) is 16.9 Å². The van der Waals surface area contributed by atoms with Crippen molar-refractivity contribution in [3.05, 3.63) is 33.9 Å². The third-order valence-corrected chi connectivity index (χ3v) is 6.14. The highest BCUT2D eigenvalue weighted by Crippen LogP contribution is 2.65. The SMILES string of the molecule is CC12CC3CC(C1)CC(c1ccc(O)c([N+](=O)[O-])c1)(C3)C2. The molecule has 4 nitrogen and oxygen atoms in total. The van der Waals surface area contributed by atoms with Gasteiger partial charge in [-0.25, -0.2) is 0 Å². The minimum Gasteiger partial charge on any atom is -0.502 e. The molecule has 1 aromatic rings. The molecule has 4 aliphatic carbocycles. The van der Waals surface area contributed by atoms with Crippen LogP contribution in [0.3, 0.4) is 0 Å². The van der Waals surface area contributed by atoms with Crippen molar-refractivity contribution < 1.29 is 10.0 Å². The second-order valence-corrected chi connectivity index (χ2v) is 8.01. The molecule has 112 valence electrons. The fraction of sp³-hybridized carbons (Fsp3) is 0.647. The summed E-state index contributed by atoms with van der Waals surface area (Å²) in [4.78, 5) is 10.6. The van der Waals surface area contributed by atoms with E-state index in [2.05, 4.69) is 6.92 Å². The van der Waals surface area contributed by atoms with Crippen LogP contribution >= 0.6 is 0 Å². The number of phenolic OH excluding ortho intramolecular Hbond substituents is 1. The van der Waals surface area contributed by atoms with E-state index in [1.165, 1.54) is 38.2 Å². The Hall–Kier alpha value is -1.58. The monoisotopic (exact) mass is 287 g/mol. The van der Waals surface area contributed by atoms with Crippen LogP contribution in [0.25, 0.3) is 0 Å². The van der Waals surface area contributed by atoms with E-state index >= 15 is 0 Å². The van der Waals surface area contributed by atoms with Gasteiger partial charge in [0.25, 0.3) is 0 Å². The lowest BCUT2D eigenvalue weighted by molar-refractivity contribution is -0.386. The normalized spacial score (nSPS) is 40.4. The predicted molar refractivity (Wildman–Crippen MR) is 79.2 cm³/mol. The van der Waals surface area contributed by atoms with Crippen molar-refractivity contribution in [3.63, 3.8) is 0 Å². The predicted octanol–water partition coefficient (Wildman–Crippen LogP) is 4.16. The first-order valence-corrected chi connectivity index (χ1v) is 7.87. The van der Waals surface area contributed by atoms with E-state index in [9.17, 15) is 15.2 Å². The molecule has 2 unspecified atom stereocenters. The summed E-state index contributed by atoms with van der Waals surface area (Å²) in [6, 6.07) is 5.05. The van der Waals surface area contributed by atoms with Crippen LogP contribution < -0.4 is 0 Å². The van der Waals surface area contributed by atoms with Crippen molar-refractivity contribution >= 4 is 5.69 Å². The standard InChI is InChI=1S/C17H21NO3/c1-16-6-11-4-12(7-16)9-17(8-11,10-16)13-2-3-15(19)14(5-13)18(20)21/h2-3,5,11-12,19H,4,6-10H2,1H3. The van der Waals surface area contributed by atoms with Gasteiger partial charge in [0.2, 0.25) is 0 Å². The molecule has 1 N–H and O–H groups in total. The fourth-order valence-electron chi connectivity index (χ4n) is 6.06. The van der Waals surface area contributed by atoms with Gasteiger partial charge in [0, 0.05) is 6.07 Å². The van der Waals surface area contributed by atoms with Crippen LogP contribution in [0.2, 0.25) is 0 Å². The molecule has 4 bridgehead atoms. The molecule has 0 aliphatic heterocycles. The van der Waals surface area contributed by atoms with Gasteiger partial charge in [-0.2, -0.15) is 0 Å². The number of phenols is 1. The Morgan fingerprint density at radius 2 is 1.90 bits per heavy atom. The van der Waals surface area contributed by atoms with E-state index in [1.54, 1.807) is 6.07 Å². The molecule has 0 heterocycles. The van der Waals surface area contributed by atoms with E-state index in [0.717, 1.165) is 23.8 Å². The third-order valence-electron chi connectivity index (χ3n) is 6.14. The quantitative estimate of drug-likeness (QED) is 0.656. The van der Waals surface area contributed by atoms with Crippen LogP contribution in [0, 0.1) is 27.4 Å². The number of benzene rings is 1. The third kappa shape index (κ3) is 1.88. The Morgan fingerprint density at radius 3 is 2.48 bits per heavy atom. The Balaban J connectivity index is 1.79. The number of rotatable bonds is 2. The highest BCUT2D eigenvalue weighted by molar-refractivity contribution is 5.50. The summed E-state index contributed by atoms with van der Waals surface area (Å²) in [5.74, 6) is 1.34. The van der Waals surface area contributed by atoms with Crippen LogP contribution in [0.4, 0.5) is 5.69 Å². The van der Waals surface area contributed by atoms with E-state index in [0.29, 0.717) is 5.41 Å². The van der Waals surface area contributed by atoms with Gasteiger partial charge in [-0.15, -0.1) is 0 Å². The average Bonchev–Trinajstić information content (AvgIpc) is 2.35. The van der Waals surface area contributed by atoms with Gasteiger partial charge >= 0.3 is 5.69 Å². The lowest BCUT2D eigenvalue weighted by Gasteiger charge is -2.61. The largest absolute Gasteiger partial charge is 0.502 e. The number of hydrogen-bond acceptors (Lipinski definition) is 3. The van der Waals surface area contributed by atoms with E-state index in [1.807, 2.05) is 6.07 Å². The van der Waals surface area contributed by atoms with Crippen LogP contribution in [0.15, 0.2) is 18.2 Å². The van der Waals surface area contributed by atoms with Crippen molar-refractivity contribution in [1.29, 1.82) is 0 Å². The number of nitro groups is 1. The summed E-state index contributed by atoms with van der Waals surface area (Å²) in [5.41, 5.74) is 1.45. The zero-order valence-corrected chi connectivity index (χ0v) is 12.3. The van der Waals surface area contributed by atoms with Crippen LogP contribution in [-0.4, -0.2) is 10.0 Å². The van der Waals surface area contributed by atoms with Crippen LogP contribution in [0.5, 0.6) is 5.75 Å². The maximum absolute atomic E-state index is 11.1. The molecule has 5 rings (SSSR count). The summed E-state index contributed by atoms with van der Waals surface area (Å²) >= 11 is 0. The molecule has 4 aliphatic rings. The van der Waals surface area contributed by atoms with Gasteiger partial charge in [0.15, 0.2) is 5.75 Å². The molecule has 21 heavy (non-hydrogen) atoms. The molecule has 0 amide bonds. The van der Waals surface area contributed by atoms with Crippen molar-refractivity contribution in [1.82, 2.24) is 0 Å². The second-order valence-electron chi connectivity index (χ2n) is 8.01. The number of hydrogen-bond donors (Lipinski definition) is 1. The minimum atomic E-state index is -0.471. The molecule has 4 fully saturated rings. The molecule has 2 atom stereocenters. The van der Waals surface area contributed by atoms with Gasteiger partial charge in [-0.3, -0.25) is 10.1 Å². The second kappa shape index (κ2) is 3.99. The highest BCUT2D eigenvalue weighted by Gasteiger charge is 2.56. The Labute approximate surface area is 124 Å². The zero-order valence-electron chi connectivity index (χ0n) is 12.3. The topological polar surface area (TPSA) is 63.4 Å². The summed E-state index contributed by atoms with van der Waals surface area (Å²) in [7, 11) is 0. The van der Waals surface area contributed by atoms with Gasteiger partial charge in [0.05, 0.1) is 4.92 Å². The molecule has 0 saturated heterocycles. The smallest absolute Gasteiger partial charge is 0.310 e. The minimum absolute atomic E-state index is 0.108. The lowest BCUT2D eigenvalue weighted by atomic mass is 9.43. The molecule has 0 aromatic heterocycles. The zero-order chi connectivity index (χ0) is 14.8. The summed E-state index contributed by atoms with van der Waals surface area (Å²) in [6.45, 7) is 2.40. The number of aromatic hydroxyl groups is 1.